The molecule has 0 aliphatic carbocycles. The van der Waals surface area contributed by atoms with Gasteiger partial charge in [0.2, 0.25) is 0 Å². The summed E-state index contributed by atoms with van der Waals surface area (Å²) >= 11 is 0. The molecule has 5 heteroatoms. The van der Waals surface area contributed by atoms with Crippen molar-refractivity contribution in [1.82, 2.24) is 0 Å². The molecule has 0 aliphatic heterocycles. The lowest BCUT2D eigenvalue weighted by Gasteiger charge is -2.07. The molecule has 1 aromatic carbocycles. The lowest BCUT2D eigenvalue weighted by Crippen LogP contribution is -2.09. The lowest BCUT2D eigenvalue weighted by atomic mass is 10.1. The highest BCUT2D eigenvalue weighted by Crippen LogP contribution is 2.14. The number of halogens is 3. The van der Waals surface area contributed by atoms with Crippen molar-refractivity contribution in [2.75, 3.05) is 6.61 Å². The van der Waals surface area contributed by atoms with Crippen LogP contribution in [-0.2, 0) is 4.74 Å². The van der Waals surface area contributed by atoms with Crippen LogP contribution < -0.4 is 0 Å². The molecule has 0 atom stereocenters. The Bertz CT molecular complexity index is 407. The van der Waals surface area contributed by atoms with Crippen molar-refractivity contribution in [1.29, 1.82) is 0 Å². The van der Waals surface area contributed by atoms with Crippen molar-refractivity contribution in [3.05, 3.63) is 35.1 Å². The monoisotopic (exact) mass is 260 g/mol. The van der Waals surface area contributed by atoms with Crippen LogP contribution in [0.3, 0.4) is 0 Å². The van der Waals surface area contributed by atoms with Crippen molar-refractivity contribution in [2.24, 2.45) is 5.92 Å². The smallest absolute Gasteiger partial charge is 0.338 e. The minimum absolute atomic E-state index is 0.178. The van der Waals surface area contributed by atoms with Gasteiger partial charge in [0.1, 0.15) is 0 Å². The van der Waals surface area contributed by atoms with Crippen molar-refractivity contribution in [2.45, 2.75) is 26.7 Å². The second-order valence-electron chi connectivity index (χ2n) is 4.43. The van der Waals surface area contributed by atoms with Gasteiger partial charge >= 0.3 is 5.97 Å². The van der Waals surface area contributed by atoms with E-state index in [1.165, 1.54) is 0 Å². The van der Waals surface area contributed by atoms with E-state index in [0.717, 1.165) is 6.42 Å². The molecule has 0 N–H and O–H groups in total. The summed E-state index contributed by atoms with van der Waals surface area (Å²) in [5.41, 5.74) is -0.323. The fourth-order valence-electron chi connectivity index (χ4n) is 1.41. The van der Waals surface area contributed by atoms with Gasteiger partial charge in [-0.3, -0.25) is 0 Å². The summed E-state index contributed by atoms with van der Waals surface area (Å²) < 4.78 is 43.2. The summed E-state index contributed by atoms with van der Waals surface area (Å²) in [5.74, 6) is -4.75. The van der Waals surface area contributed by atoms with Gasteiger partial charge in [-0.1, -0.05) is 13.8 Å². The predicted molar refractivity (Wildman–Crippen MR) is 60.7 cm³/mol. The summed E-state index contributed by atoms with van der Waals surface area (Å²) in [5, 5.41) is 0. The maximum Gasteiger partial charge on any atom is 0.338 e. The lowest BCUT2D eigenvalue weighted by molar-refractivity contribution is 0.0493. The fourth-order valence-corrected chi connectivity index (χ4v) is 1.41. The van der Waals surface area contributed by atoms with E-state index in [4.69, 9.17) is 4.74 Å². The van der Waals surface area contributed by atoms with Gasteiger partial charge in [0.05, 0.1) is 12.2 Å². The number of carbonyl (C=O) groups is 1. The van der Waals surface area contributed by atoms with E-state index in [1.54, 1.807) is 0 Å². The summed E-state index contributed by atoms with van der Waals surface area (Å²) in [6, 6.07) is 1.26. The summed E-state index contributed by atoms with van der Waals surface area (Å²) in [4.78, 5) is 11.4. The summed E-state index contributed by atoms with van der Waals surface area (Å²) in [6.07, 6.45) is 1.56. The van der Waals surface area contributed by atoms with Gasteiger partial charge in [-0.2, -0.15) is 0 Å². The molecule has 0 spiro atoms. The molecule has 1 aromatic rings. The average molecular weight is 260 g/mol. The van der Waals surface area contributed by atoms with Gasteiger partial charge < -0.3 is 4.74 Å². The topological polar surface area (TPSA) is 26.3 Å². The average Bonchev–Trinajstić information content (AvgIpc) is 2.30. The molecule has 0 unspecified atom stereocenters. The van der Waals surface area contributed by atoms with E-state index in [0.29, 0.717) is 24.5 Å². The normalized spacial score (nSPS) is 10.8. The fraction of sp³-hybridized carbons (Fsp3) is 0.462. The van der Waals surface area contributed by atoms with Gasteiger partial charge in [0, 0.05) is 0 Å². The van der Waals surface area contributed by atoms with Crippen molar-refractivity contribution < 1.29 is 22.7 Å². The Balaban J connectivity index is 2.57. The van der Waals surface area contributed by atoms with E-state index in [9.17, 15) is 18.0 Å². The van der Waals surface area contributed by atoms with Crippen LogP contribution in [0.1, 0.15) is 37.0 Å². The number of hydrogen-bond acceptors (Lipinski definition) is 2. The Labute approximate surface area is 104 Å². The second-order valence-corrected chi connectivity index (χ2v) is 4.43. The Kier molecular flexibility index (Phi) is 5.19. The van der Waals surface area contributed by atoms with Gasteiger partial charge in [-0.15, -0.1) is 0 Å². The van der Waals surface area contributed by atoms with Crippen LogP contribution in [0, 0.1) is 23.4 Å². The first-order valence-corrected chi connectivity index (χ1v) is 5.73. The second kappa shape index (κ2) is 6.42. The maximum atomic E-state index is 12.9. The van der Waals surface area contributed by atoms with Crippen LogP contribution in [-0.4, -0.2) is 12.6 Å². The molecule has 2 nitrogen and oxygen atoms in total. The maximum absolute atomic E-state index is 12.9. The molecular formula is C13H15F3O2. The number of esters is 1. The van der Waals surface area contributed by atoms with Gasteiger partial charge in [0.15, 0.2) is 17.5 Å². The van der Waals surface area contributed by atoms with Gasteiger partial charge in [-0.25, -0.2) is 18.0 Å². The van der Waals surface area contributed by atoms with E-state index in [-0.39, 0.29) is 12.2 Å². The van der Waals surface area contributed by atoms with Crippen LogP contribution in [0.5, 0.6) is 0 Å². The summed E-state index contributed by atoms with van der Waals surface area (Å²) in [7, 11) is 0. The van der Waals surface area contributed by atoms with Crippen molar-refractivity contribution >= 4 is 5.97 Å². The molecular weight excluding hydrogens is 245 g/mol. The molecule has 0 fully saturated rings. The quantitative estimate of drug-likeness (QED) is 0.458. The Morgan fingerprint density at radius 3 is 2.28 bits per heavy atom. The highest BCUT2D eigenvalue weighted by molar-refractivity contribution is 5.89. The SMILES string of the molecule is CC(C)CCCOC(=O)c1cc(F)c(F)c(F)c1. The van der Waals surface area contributed by atoms with Crippen LogP contribution in [0.2, 0.25) is 0 Å². The molecule has 18 heavy (non-hydrogen) atoms. The Morgan fingerprint density at radius 2 is 1.78 bits per heavy atom. The molecule has 0 saturated heterocycles. The molecule has 0 aromatic heterocycles. The molecule has 0 bridgehead atoms. The zero-order valence-corrected chi connectivity index (χ0v) is 10.3. The molecule has 0 amide bonds. The first-order chi connectivity index (χ1) is 8.41. The van der Waals surface area contributed by atoms with Crippen LogP contribution in [0.4, 0.5) is 13.2 Å². The molecule has 0 radical (unpaired) electrons. The number of benzene rings is 1. The van der Waals surface area contributed by atoms with Crippen LogP contribution >= 0.6 is 0 Å². The van der Waals surface area contributed by atoms with E-state index in [1.807, 2.05) is 13.8 Å². The zero-order chi connectivity index (χ0) is 13.7. The van der Waals surface area contributed by atoms with Crippen molar-refractivity contribution in [3.8, 4) is 0 Å². The first-order valence-electron chi connectivity index (χ1n) is 5.73. The van der Waals surface area contributed by atoms with Crippen LogP contribution in [0.15, 0.2) is 12.1 Å². The van der Waals surface area contributed by atoms with E-state index < -0.39 is 23.4 Å². The third kappa shape index (κ3) is 4.05. The molecule has 0 aliphatic rings. The number of hydrogen-bond donors (Lipinski definition) is 0. The van der Waals surface area contributed by atoms with E-state index >= 15 is 0 Å². The predicted octanol–water partition coefficient (Wildman–Crippen LogP) is 3.70. The number of ether oxygens (including phenoxy) is 1. The first kappa shape index (κ1) is 14.5. The number of carbonyl (C=O) groups excluding carboxylic acids is 1. The molecule has 0 saturated carbocycles. The summed E-state index contributed by atoms with van der Waals surface area (Å²) in [6.45, 7) is 4.25. The molecule has 1 rings (SSSR count). The zero-order valence-electron chi connectivity index (χ0n) is 10.3. The highest BCUT2D eigenvalue weighted by atomic mass is 19.2. The largest absolute Gasteiger partial charge is 0.462 e. The standard InChI is InChI=1S/C13H15F3O2/c1-8(2)4-3-5-18-13(17)9-6-10(14)12(16)11(15)7-9/h6-8H,3-5H2,1-2H3. The van der Waals surface area contributed by atoms with E-state index in [2.05, 4.69) is 0 Å². The molecule has 100 valence electrons. The van der Waals surface area contributed by atoms with Crippen LogP contribution in [0.25, 0.3) is 0 Å². The third-order valence-electron chi connectivity index (χ3n) is 2.38. The van der Waals surface area contributed by atoms with Crippen molar-refractivity contribution in [3.63, 3.8) is 0 Å². The Morgan fingerprint density at radius 1 is 1.22 bits per heavy atom. The third-order valence-corrected chi connectivity index (χ3v) is 2.38. The number of rotatable bonds is 5. The minimum Gasteiger partial charge on any atom is -0.462 e. The Hall–Kier alpha value is -1.52. The highest BCUT2D eigenvalue weighted by Gasteiger charge is 2.15. The van der Waals surface area contributed by atoms with Gasteiger partial charge in [0.25, 0.3) is 0 Å². The van der Waals surface area contributed by atoms with Gasteiger partial charge in [-0.05, 0) is 30.9 Å². The molecule has 0 heterocycles. The minimum atomic E-state index is -1.59.